The van der Waals surface area contributed by atoms with Crippen molar-refractivity contribution in [3.63, 3.8) is 0 Å². The molecule has 3 rings (SSSR count). The lowest BCUT2D eigenvalue weighted by Gasteiger charge is -2.13. The summed E-state index contributed by atoms with van der Waals surface area (Å²) >= 11 is 0. The smallest absolute Gasteiger partial charge is 0.225 e. The fourth-order valence-electron chi connectivity index (χ4n) is 2.65. The van der Waals surface area contributed by atoms with E-state index in [1.54, 1.807) is 6.33 Å². The van der Waals surface area contributed by atoms with Crippen LogP contribution in [0, 0.1) is 6.92 Å². The third-order valence-corrected chi connectivity index (χ3v) is 3.74. The van der Waals surface area contributed by atoms with Gasteiger partial charge in [0.05, 0.1) is 5.69 Å². The Morgan fingerprint density at radius 1 is 1.10 bits per heavy atom. The van der Waals surface area contributed by atoms with Gasteiger partial charge < -0.3 is 10.5 Å². The summed E-state index contributed by atoms with van der Waals surface area (Å²) in [5, 5.41) is 0. The second-order valence-corrected chi connectivity index (χ2v) is 5.29. The topological polar surface area (TPSA) is 61.0 Å². The van der Waals surface area contributed by atoms with Crippen LogP contribution in [-0.2, 0) is 12.8 Å². The van der Waals surface area contributed by atoms with Gasteiger partial charge in [-0.25, -0.2) is 9.97 Å². The van der Waals surface area contributed by atoms with E-state index >= 15 is 0 Å². The number of benzene rings is 1. The molecule has 104 valence electrons. The van der Waals surface area contributed by atoms with Gasteiger partial charge >= 0.3 is 0 Å². The standard InChI is InChI=1S/C16H19N3O/c1-11-9-12(17)7-8-15(11)20-16-13-5-3-2-4-6-14(13)18-10-19-16/h7-10H,2-6,17H2,1H3. The van der Waals surface area contributed by atoms with Crippen molar-refractivity contribution in [2.24, 2.45) is 0 Å². The van der Waals surface area contributed by atoms with Crippen LogP contribution in [-0.4, -0.2) is 9.97 Å². The molecular weight excluding hydrogens is 250 g/mol. The van der Waals surface area contributed by atoms with Crippen LogP contribution in [0.4, 0.5) is 5.69 Å². The molecule has 0 fully saturated rings. The van der Waals surface area contributed by atoms with Gasteiger partial charge in [0.15, 0.2) is 0 Å². The van der Waals surface area contributed by atoms with Crippen molar-refractivity contribution in [3.8, 4) is 11.6 Å². The fourth-order valence-corrected chi connectivity index (χ4v) is 2.65. The highest BCUT2D eigenvalue weighted by molar-refractivity contribution is 5.48. The number of rotatable bonds is 2. The van der Waals surface area contributed by atoms with E-state index in [1.165, 1.54) is 24.8 Å². The molecule has 0 amide bonds. The van der Waals surface area contributed by atoms with Crippen LogP contribution in [0.1, 0.15) is 36.1 Å². The first-order valence-corrected chi connectivity index (χ1v) is 7.11. The Hall–Kier alpha value is -2.10. The highest BCUT2D eigenvalue weighted by atomic mass is 16.5. The van der Waals surface area contributed by atoms with Crippen LogP contribution in [0.2, 0.25) is 0 Å². The number of nitrogens with two attached hydrogens (primary N) is 1. The molecular formula is C16H19N3O. The summed E-state index contributed by atoms with van der Waals surface area (Å²) in [6, 6.07) is 5.66. The third-order valence-electron chi connectivity index (χ3n) is 3.74. The number of hydrogen-bond donors (Lipinski definition) is 1. The van der Waals surface area contributed by atoms with E-state index < -0.39 is 0 Å². The van der Waals surface area contributed by atoms with Gasteiger partial charge in [-0.2, -0.15) is 0 Å². The Balaban J connectivity index is 1.94. The van der Waals surface area contributed by atoms with Gasteiger partial charge in [-0.1, -0.05) is 6.42 Å². The Morgan fingerprint density at radius 3 is 2.80 bits per heavy atom. The van der Waals surface area contributed by atoms with E-state index in [9.17, 15) is 0 Å². The molecule has 0 saturated carbocycles. The minimum Gasteiger partial charge on any atom is -0.438 e. The lowest BCUT2D eigenvalue weighted by Crippen LogP contribution is -2.02. The van der Waals surface area contributed by atoms with E-state index in [1.807, 2.05) is 25.1 Å². The van der Waals surface area contributed by atoms with E-state index in [2.05, 4.69) is 9.97 Å². The SMILES string of the molecule is Cc1cc(N)ccc1Oc1ncnc2c1CCCCC2. The molecule has 0 saturated heterocycles. The minimum atomic E-state index is 0.699. The number of anilines is 1. The Bertz CT molecular complexity index is 625. The zero-order valence-electron chi connectivity index (χ0n) is 11.7. The highest BCUT2D eigenvalue weighted by Gasteiger charge is 2.16. The van der Waals surface area contributed by atoms with E-state index in [-0.39, 0.29) is 0 Å². The average molecular weight is 269 g/mol. The highest BCUT2D eigenvalue weighted by Crippen LogP contribution is 2.31. The molecule has 4 heteroatoms. The number of fused-ring (bicyclic) bond motifs is 1. The largest absolute Gasteiger partial charge is 0.438 e. The van der Waals surface area contributed by atoms with Crippen LogP contribution in [0.5, 0.6) is 11.6 Å². The van der Waals surface area contributed by atoms with Crippen molar-refractivity contribution >= 4 is 5.69 Å². The monoisotopic (exact) mass is 269 g/mol. The van der Waals surface area contributed by atoms with E-state index in [4.69, 9.17) is 10.5 Å². The van der Waals surface area contributed by atoms with Crippen molar-refractivity contribution in [1.82, 2.24) is 9.97 Å². The maximum Gasteiger partial charge on any atom is 0.225 e. The molecule has 2 N–H and O–H groups in total. The maximum absolute atomic E-state index is 6.01. The zero-order valence-corrected chi connectivity index (χ0v) is 11.7. The molecule has 0 atom stereocenters. The van der Waals surface area contributed by atoms with Gasteiger partial charge in [-0.05, 0) is 56.4 Å². The molecule has 0 unspecified atom stereocenters. The van der Waals surface area contributed by atoms with Gasteiger partial charge in [-0.3, -0.25) is 0 Å². The Kier molecular flexibility index (Phi) is 3.54. The van der Waals surface area contributed by atoms with Crippen molar-refractivity contribution in [2.45, 2.75) is 39.0 Å². The first kappa shape index (κ1) is 12.9. The number of aromatic nitrogens is 2. The first-order valence-electron chi connectivity index (χ1n) is 7.11. The van der Waals surface area contributed by atoms with E-state index in [0.717, 1.165) is 35.5 Å². The van der Waals surface area contributed by atoms with Gasteiger partial charge in [0.25, 0.3) is 0 Å². The molecule has 1 aromatic carbocycles. The van der Waals surface area contributed by atoms with Gasteiger partial charge in [0.1, 0.15) is 12.1 Å². The van der Waals surface area contributed by atoms with Crippen LogP contribution < -0.4 is 10.5 Å². The molecule has 1 heterocycles. The van der Waals surface area contributed by atoms with Crippen molar-refractivity contribution in [1.29, 1.82) is 0 Å². The normalized spacial score (nSPS) is 14.4. The maximum atomic E-state index is 6.01. The Labute approximate surface area is 119 Å². The second kappa shape index (κ2) is 5.49. The number of ether oxygens (including phenoxy) is 1. The van der Waals surface area contributed by atoms with Crippen LogP contribution in [0.15, 0.2) is 24.5 Å². The predicted molar refractivity (Wildman–Crippen MR) is 79.0 cm³/mol. The van der Waals surface area contributed by atoms with Crippen molar-refractivity contribution in [2.75, 3.05) is 5.73 Å². The van der Waals surface area contributed by atoms with Gasteiger partial charge in [-0.15, -0.1) is 0 Å². The summed E-state index contributed by atoms with van der Waals surface area (Å²) in [6.07, 6.45) is 7.25. The molecule has 1 aliphatic rings. The molecule has 20 heavy (non-hydrogen) atoms. The van der Waals surface area contributed by atoms with Crippen LogP contribution in [0.25, 0.3) is 0 Å². The van der Waals surface area contributed by atoms with E-state index in [0.29, 0.717) is 5.88 Å². The number of nitrogen functional groups attached to an aromatic ring is 1. The summed E-state index contributed by atoms with van der Waals surface area (Å²) in [4.78, 5) is 8.73. The minimum absolute atomic E-state index is 0.699. The summed E-state index contributed by atoms with van der Waals surface area (Å²) < 4.78 is 6.01. The molecule has 2 aromatic rings. The number of hydrogen-bond acceptors (Lipinski definition) is 4. The third kappa shape index (κ3) is 2.59. The van der Waals surface area contributed by atoms with Crippen LogP contribution >= 0.6 is 0 Å². The van der Waals surface area contributed by atoms with Crippen molar-refractivity contribution < 1.29 is 4.74 Å². The predicted octanol–water partition coefficient (Wildman–Crippen LogP) is 3.43. The van der Waals surface area contributed by atoms with Crippen molar-refractivity contribution in [3.05, 3.63) is 41.3 Å². The van der Waals surface area contributed by atoms with Gasteiger partial charge in [0.2, 0.25) is 5.88 Å². The van der Waals surface area contributed by atoms with Crippen LogP contribution in [0.3, 0.4) is 0 Å². The molecule has 0 aliphatic heterocycles. The summed E-state index contributed by atoms with van der Waals surface area (Å²) in [5.74, 6) is 1.51. The molecule has 4 nitrogen and oxygen atoms in total. The molecule has 1 aromatic heterocycles. The average Bonchev–Trinajstić information content (AvgIpc) is 2.68. The number of nitrogens with zero attached hydrogens (tertiary/aromatic N) is 2. The Morgan fingerprint density at radius 2 is 1.95 bits per heavy atom. The first-order chi connectivity index (χ1) is 9.74. The molecule has 0 radical (unpaired) electrons. The summed E-state index contributed by atoms with van der Waals surface area (Å²) in [7, 11) is 0. The lowest BCUT2D eigenvalue weighted by atomic mass is 10.1. The quantitative estimate of drug-likeness (QED) is 0.670. The fraction of sp³-hybridized carbons (Fsp3) is 0.375. The molecule has 0 bridgehead atoms. The van der Waals surface area contributed by atoms with Gasteiger partial charge in [0, 0.05) is 11.3 Å². The lowest BCUT2D eigenvalue weighted by molar-refractivity contribution is 0.449. The summed E-state index contributed by atoms with van der Waals surface area (Å²) in [5.41, 5.74) is 9.84. The number of aryl methyl sites for hydroxylation is 2. The molecule has 0 spiro atoms. The zero-order chi connectivity index (χ0) is 13.9. The molecule has 1 aliphatic carbocycles. The summed E-state index contributed by atoms with van der Waals surface area (Å²) in [6.45, 7) is 1.99. The second-order valence-electron chi connectivity index (χ2n) is 5.29.